The van der Waals surface area contributed by atoms with E-state index >= 15 is 0 Å². The minimum absolute atomic E-state index is 0.0527. The number of benzene rings is 1. The lowest BCUT2D eigenvalue weighted by molar-refractivity contribution is -0.123. The Kier molecular flexibility index (Phi) is 5.15. The molecule has 3 unspecified atom stereocenters. The summed E-state index contributed by atoms with van der Waals surface area (Å²) in [6, 6.07) is 8.08. The number of amides is 1. The highest BCUT2D eigenvalue weighted by molar-refractivity contribution is 5.82. The van der Waals surface area contributed by atoms with E-state index in [4.69, 9.17) is 0 Å². The lowest BCUT2D eigenvalue weighted by Gasteiger charge is -2.26. The van der Waals surface area contributed by atoms with Crippen molar-refractivity contribution >= 4 is 5.91 Å². The monoisotopic (exact) mass is 276 g/mol. The molecule has 1 amide bonds. The Morgan fingerprint density at radius 2 is 2.10 bits per heavy atom. The van der Waals surface area contributed by atoms with Crippen LogP contribution in [0.3, 0.4) is 0 Å². The number of hydrogen-bond acceptors (Lipinski definition) is 3. The van der Waals surface area contributed by atoms with Gasteiger partial charge in [0, 0.05) is 13.1 Å². The molecule has 1 aromatic rings. The van der Waals surface area contributed by atoms with Crippen LogP contribution in [-0.2, 0) is 17.8 Å². The third-order valence-corrected chi connectivity index (χ3v) is 3.77. The van der Waals surface area contributed by atoms with Crippen molar-refractivity contribution in [2.24, 2.45) is 5.92 Å². The molecule has 0 aromatic heterocycles. The van der Waals surface area contributed by atoms with Crippen LogP contribution in [-0.4, -0.2) is 29.7 Å². The molecule has 4 heteroatoms. The Morgan fingerprint density at radius 1 is 1.40 bits per heavy atom. The second-order valence-electron chi connectivity index (χ2n) is 5.84. The predicted octanol–water partition coefficient (Wildman–Crippen LogP) is 1.22. The van der Waals surface area contributed by atoms with Gasteiger partial charge in [0.25, 0.3) is 0 Å². The third-order valence-electron chi connectivity index (χ3n) is 3.77. The average Bonchev–Trinajstić information content (AvgIpc) is 2.43. The van der Waals surface area contributed by atoms with Crippen molar-refractivity contribution in [2.75, 3.05) is 6.54 Å². The summed E-state index contributed by atoms with van der Waals surface area (Å²) in [5.41, 5.74) is 2.53. The van der Waals surface area contributed by atoms with Crippen molar-refractivity contribution in [1.29, 1.82) is 0 Å². The molecule has 3 N–H and O–H groups in total. The van der Waals surface area contributed by atoms with Crippen molar-refractivity contribution < 1.29 is 9.90 Å². The first-order valence-electron chi connectivity index (χ1n) is 7.32. The number of nitrogens with one attached hydrogen (secondary N) is 2. The van der Waals surface area contributed by atoms with Gasteiger partial charge in [-0.15, -0.1) is 0 Å². The molecule has 0 saturated carbocycles. The lowest BCUT2D eigenvalue weighted by Crippen LogP contribution is -2.48. The highest BCUT2D eigenvalue weighted by Crippen LogP contribution is 2.16. The van der Waals surface area contributed by atoms with Crippen molar-refractivity contribution in [1.82, 2.24) is 10.6 Å². The minimum Gasteiger partial charge on any atom is -0.393 e. The Hall–Kier alpha value is -1.39. The van der Waals surface area contributed by atoms with E-state index in [9.17, 15) is 9.90 Å². The van der Waals surface area contributed by atoms with Gasteiger partial charge in [-0.25, -0.2) is 0 Å². The van der Waals surface area contributed by atoms with Gasteiger partial charge in [-0.1, -0.05) is 31.2 Å². The summed E-state index contributed by atoms with van der Waals surface area (Å²) in [6.45, 7) is 5.18. The van der Waals surface area contributed by atoms with Crippen molar-refractivity contribution in [3.8, 4) is 0 Å². The first kappa shape index (κ1) is 15.0. The van der Waals surface area contributed by atoms with Crippen LogP contribution >= 0.6 is 0 Å². The smallest absolute Gasteiger partial charge is 0.237 e. The Bertz CT molecular complexity index is 460. The molecule has 4 nitrogen and oxygen atoms in total. The van der Waals surface area contributed by atoms with Gasteiger partial charge in [-0.3, -0.25) is 4.79 Å². The average molecular weight is 276 g/mol. The standard InChI is InChI=1S/C16H24N2O2/c1-11(7-12(2)19)9-18-16(20)15-8-13-5-3-4-6-14(13)10-17-15/h3-6,11-12,15,17,19H,7-10H2,1-2H3,(H,18,20). The van der Waals surface area contributed by atoms with Crippen LogP contribution in [0.2, 0.25) is 0 Å². The van der Waals surface area contributed by atoms with E-state index in [-0.39, 0.29) is 24.0 Å². The fourth-order valence-corrected chi connectivity index (χ4v) is 2.70. The number of hydrogen-bond donors (Lipinski definition) is 3. The fourth-order valence-electron chi connectivity index (χ4n) is 2.70. The topological polar surface area (TPSA) is 61.4 Å². The van der Waals surface area contributed by atoms with Crippen LogP contribution in [0.4, 0.5) is 0 Å². The number of carbonyl (C=O) groups is 1. The molecule has 0 fully saturated rings. The molecular formula is C16H24N2O2. The Morgan fingerprint density at radius 3 is 2.80 bits per heavy atom. The molecule has 3 atom stereocenters. The minimum atomic E-state index is -0.318. The van der Waals surface area contributed by atoms with Crippen LogP contribution < -0.4 is 10.6 Å². The SMILES string of the molecule is CC(O)CC(C)CNC(=O)C1Cc2ccccc2CN1. The summed E-state index contributed by atoms with van der Waals surface area (Å²) in [6.07, 6.45) is 1.13. The van der Waals surface area contributed by atoms with E-state index in [1.165, 1.54) is 11.1 Å². The Labute approximate surface area is 120 Å². The normalized spacial score (nSPS) is 20.9. The van der Waals surface area contributed by atoms with Gasteiger partial charge in [-0.05, 0) is 36.8 Å². The van der Waals surface area contributed by atoms with Crippen LogP contribution in [0.1, 0.15) is 31.4 Å². The van der Waals surface area contributed by atoms with E-state index in [1.54, 1.807) is 6.92 Å². The number of aliphatic hydroxyl groups is 1. The molecule has 2 rings (SSSR count). The molecule has 1 aromatic carbocycles. The van der Waals surface area contributed by atoms with Crippen LogP contribution in [0, 0.1) is 5.92 Å². The van der Waals surface area contributed by atoms with Gasteiger partial charge >= 0.3 is 0 Å². The van der Waals surface area contributed by atoms with Crippen LogP contribution in [0.15, 0.2) is 24.3 Å². The maximum Gasteiger partial charge on any atom is 0.237 e. The lowest BCUT2D eigenvalue weighted by atomic mass is 9.95. The third kappa shape index (κ3) is 4.05. The van der Waals surface area contributed by atoms with E-state index in [0.29, 0.717) is 13.0 Å². The van der Waals surface area contributed by atoms with Gasteiger partial charge in [0.15, 0.2) is 0 Å². The highest BCUT2D eigenvalue weighted by Gasteiger charge is 2.23. The van der Waals surface area contributed by atoms with Gasteiger partial charge < -0.3 is 15.7 Å². The first-order chi connectivity index (χ1) is 9.56. The number of rotatable bonds is 5. The van der Waals surface area contributed by atoms with E-state index in [0.717, 1.165) is 13.0 Å². The van der Waals surface area contributed by atoms with Gasteiger partial charge in [0.2, 0.25) is 5.91 Å². The van der Waals surface area contributed by atoms with Gasteiger partial charge in [0.1, 0.15) is 0 Å². The molecule has 1 heterocycles. The molecule has 110 valence electrons. The molecule has 0 spiro atoms. The maximum absolute atomic E-state index is 12.2. The zero-order chi connectivity index (χ0) is 14.5. The van der Waals surface area contributed by atoms with Crippen LogP contribution in [0.5, 0.6) is 0 Å². The molecule has 20 heavy (non-hydrogen) atoms. The molecule has 1 aliphatic heterocycles. The van der Waals surface area contributed by atoms with Gasteiger partial charge in [0.05, 0.1) is 12.1 Å². The first-order valence-corrected chi connectivity index (χ1v) is 7.32. The largest absolute Gasteiger partial charge is 0.393 e. The number of carbonyl (C=O) groups excluding carboxylic acids is 1. The summed E-state index contributed by atoms with van der Waals surface area (Å²) in [4.78, 5) is 12.2. The second-order valence-corrected chi connectivity index (χ2v) is 5.84. The van der Waals surface area contributed by atoms with Crippen LogP contribution in [0.25, 0.3) is 0 Å². The zero-order valence-electron chi connectivity index (χ0n) is 12.2. The van der Waals surface area contributed by atoms with Crippen molar-refractivity contribution in [3.63, 3.8) is 0 Å². The van der Waals surface area contributed by atoms with E-state index in [2.05, 4.69) is 22.8 Å². The summed E-state index contributed by atoms with van der Waals surface area (Å²) in [5.74, 6) is 0.340. The quantitative estimate of drug-likeness (QED) is 0.758. The summed E-state index contributed by atoms with van der Waals surface area (Å²) >= 11 is 0. The second kappa shape index (κ2) is 6.86. The Balaban J connectivity index is 1.83. The molecule has 0 saturated heterocycles. The maximum atomic E-state index is 12.2. The summed E-state index contributed by atoms with van der Waals surface area (Å²) < 4.78 is 0. The predicted molar refractivity (Wildman–Crippen MR) is 79.2 cm³/mol. The van der Waals surface area contributed by atoms with Gasteiger partial charge in [-0.2, -0.15) is 0 Å². The molecular weight excluding hydrogens is 252 g/mol. The highest BCUT2D eigenvalue weighted by atomic mass is 16.3. The fraction of sp³-hybridized carbons (Fsp3) is 0.562. The van der Waals surface area contributed by atoms with Crippen molar-refractivity contribution in [3.05, 3.63) is 35.4 Å². The zero-order valence-corrected chi connectivity index (χ0v) is 12.2. The molecule has 0 bridgehead atoms. The molecule has 0 radical (unpaired) electrons. The van der Waals surface area contributed by atoms with E-state index < -0.39 is 0 Å². The summed E-state index contributed by atoms with van der Waals surface area (Å²) in [5, 5.41) is 15.6. The van der Waals surface area contributed by atoms with Crippen molar-refractivity contribution in [2.45, 2.75) is 45.4 Å². The summed E-state index contributed by atoms with van der Waals surface area (Å²) in [7, 11) is 0. The molecule has 1 aliphatic rings. The molecule has 0 aliphatic carbocycles. The number of fused-ring (bicyclic) bond motifs is 1. The van der Waals surface area contributed by atoms with E-state index in [1.807, 2.05) is 19.1 Å². The number of aliphatic hydroxyl groups excluding tert-OH is 1.